The summed E-state index contributed by atoms with van der Waals surface area (Å²) in [5, 5.41) is 0.640. The van der Waals surface area contributed by atoms with Crippen molar-refractivity contribution in [3.05, 3.63) is 83.5 Å². The Morgan fingerprint density at radius 1 is 0.865 bits per heavy atom. The average Bonchev–Trinajstić information content (AvgIpc) is 2.93. The third-order valence-corrected chi connectivity index (χ3v) is 6.91. The Morgan fingerprint density at radius 3 is 2.38 bits per heavy atom. The fraction of sp³-hybridized carbons (Fsp3) is 0.143. The van der Waals surface area contributed by atoms with Crippen LogP contribution in [0, 0.1) is 5.82 Å². The third kappa shape index (κ3) is 4.52. The van der Waals surface area contributed by atoms with Gasteiger partial charge >= 0.3 is 0 Å². The molecule has 0 unspecified atom stereocenters. The SMILES string of the molecule is Nc1ncnc2nc(-c3ccc(N4CCOCC4)nc3)c(-c3ccc(F)cc3)c(-c3cccc(Br)c3)c12. The molecule has 7 nitrogen and oxygen atoms in total. The van der Waals surface area contributed by atoms with Gasteiger partial charge in [0.2, 0.25) is 0 Å². The molecule has 37 heavy (non-hydrogen) atoms. The first kappa shape index (κ1) is 23.4. The minimum Gasteiger partial charge on any atom is -0.383 e. The number of nitrogen functional groups attached to an aromatic ring is 1. The largest absolute Gasteiger partial charge is 0.383 e. The van der Waals surface area contributed by atoms with Crippen molar-refractivity contribution in [2.45, 2.75) is 0 Å². The van der Waals surface area contributed by atoms with E-state index in [1.165, 1.54) is 18.5 Å². The molecule has 5 aromatic rings. The van der Waals surface area contributed by atoms with E-state index in [1.54, 1.807) is 12.1 Å². The maximum atomic E-state index is 14.0. The molecular formula is C28H22BrFN6O. The Hall–Kier alpha value is -3.95. The number of nitrogens with zero attached hydrogens (tertiary/aromatic N) is 5. The minimum absolute atomic E-state index is 0.317. The van der Waals surface area contributed by atoms with Crippen molar-refractivity contribution in [1.29, 1.82) is 0 Å². The summed E-state index contributed by atoms with van der Waals surface area (Å²) in [7, 11) is 0. The minimum atomic E-state index is -0.317. The summed E-state index contributed by atoms with van der Waals surface area (Å²) in [6, 6.07) is 18.3. The molecule has 0 atom stereocenters. The first-order valence-electron chi connectivity index (χ1n) is 11.8. The van der Waals surface area contributed by atoms with Crippen molar-refractivity contribution in [2.24, 2.45) is 0 Å². The summed E-state index contributed by atoms with van der Waals surface area (Å²) in [5.74, 6) is 0.889. The molecule has 6 rings (SSSR count). The highest BCUT2D eigenvalue weighted by Gasteiger charge is 2.23. The predicted molar refractivity (Wildman–Crippen MR) is 147 cm³/mol. The Balaban J connectivity index is 1.64. The van der Waals surface area contributed by atoms with Crippen molar-refractivity contribution >= 4 is 38.6 Å². The number of aromatic nitrogens is 4. The highest BCUT2D eigenvalue weighted by molar-refractivity contribution is 9.10. The standard InChI is InChI=1S/C28H22BrFN6O/c29-20-3-1-2-18(14-20)23-24(17-4-7-21(30)8-5-17)26(35-28-25(23)27(31)33-16-34-28)19-6-9-22(32-15-19)36-10-12-37-13-11-36/h1-9,14-16H,10-13H2,(H2,31,33,34,35). The normalized spacial score (nSPS) is 13.7. The van der Waals surface area contributed by atoms with Crippen LogP contribution in [0.1, 0.15) is 0 Å². The monoisotopic (exact) mass is 556 g/mol. The smallest absolute Gasteiger partial charge is 0.165 e. The van der Waals surface area contributed by atoms with Crippen LogP contribution in [0.25, 0.3) is 44.5 Å². The maximum Gasteiger partial charge on any atom is 0.165 e. The van der Waals surface area contributed by atoms with E-state index in [1.807, 2.05) is 42.6 Å². The zero-order chi connectivity index (χ0) is 25.4. The van der Waals surface area contributed by atoms with Gasteiger partial charge in [-0.25, -0.2) is 24.3 Å². The highest BCUT2D eigenvalue weighted by atomic mass is 79.9. The summed E-state index contributed by atoms with van der Waals surface area (Å²) < 4.78 is 20.3. The number of fused-ring (bicyclic) bond motifs is 1. The topological polar surface area (TPSA) is 90.0 Å². The van der Waals surface area contributed by atoms with Crippen molar-refractivity contribution in [1.82, 2.24) is 19.9 Å². The van der Waals surface area contributed by atoms with E-state index in [-0.39, 0.29) is 5.82 Å². The van der Waals surface area contributed by atoms with E-state index in [9.17, 15) is 4.39 Å². The predicted octanol–water partition coefficient (Wildman–Crippen LogP) is 5.74. The van der Waals surface area contributed by atoms with Crippen LogP contribution in [0.4, 0.5) is 16.0 Å². The van der Waals surface area contributed by atoms with Crippen LogP contribution in [-0.2, 0) is 4.74 Å². The Morgan fingerprint density at radius 2 is 1.65 bits per heavy atom. The van der Waals surface area contributed by atoms with Gasteiger partial charge in [-0.2, -0.15) is 0 Å². The number of nitrogens with two attached hydrogens (primary N) is 1. The molecule has 3 aromatic heterocycles. The van der Waals surface area contributed by atoms with Gasteiger partial charge in [-0.3, -0.25) is 0 Å². The summed E-state index contributed by atoms with van der Waals surface area (Å²) >= 11 is 3.59. The lowest BCUT2D eigenvalue weighted by atomic mass is 9.89. The molecule has 0 amide bonds. The second-order valence-electron chi connectivity index (χ2n) is 8.69. The van der Waals surface area contributed by atoms with Crippen molar-refractivity contribution in [2.75, 3.05) is 36.9 Å². The molecule has 1 saturated heterocycles. The Labute approximate surface area is 221 Å². The van der Waals surface area contributed by atoms with Gasteiger partial charge in [-0.15, -0.1) is 0 Å². The quantitative estimate of drug-likeness (QED) is 0.301. The summed E-state index contributed by atoms with van der Waals surface area (Å²) in [5.41, 5.74) is 11.7. The molecule has 0 spiro atoms. The van der Waals surface area contributed by atoms with Gasteiger partial charge in [0.25, 0.3) is 0 Å². The fourth-order valence-electron chi connectivity index (χ4n) is 4.66. The van der Waals surface area contributed by atoms with Gasteiger partial charge < -0.3 is 15.4 Å². The lowest BCUT2D eigenvalue weighted by Gasteiger charge is -2.27. The lowest BCUT2D eigenvalue weighted by Crippen LogP contribution is -2.36. The molecule has 4 heterocycles. The number of anilines is 2. The second-order valence-corrected chi connectivity index (χ2v) is 9.61. The third-order valence-electron chi connectivity index (χ3n) is 6.41. The summed E-state index contributed by atoms with van der Waals surface area (Å²) in [6.07, 6.45) is 3.23. The van der Waals surface area contributed by atoms with Crippen LogP contribution >= 0.6 is 15.9 Å². The van der Waals surface area contributed by atoms with Gasteiger partial charge in [0, 0.05) is 40.4 Å². The van der Waals surface area contributed by atoms with E-state index in [2.05, 4.69) is 30.8 Å². The molecule has 0 bridgehead atoms. The number of morpholine rings is 1. The molecule has 1 aliphatic heterocycles. The van der Waals surface area contributed by atoms with Gasteiger partial charge in [0.1, 0.15) is 23.8 Å². The van der Waals surface area contributed by atoms with Gasteiger partial charge in [0.15, 0.2) is 5.65 Å². The number of halogens is 2. The first-order valence-corrected chi connectivity index (χ1v) is 12.6. The lowest BCUT2D eigenvalue weighted by molar-refractivity contribution is 0.122. The maximum absolute atomic E-state index is 14.0. The van der Waals surface area contributed by atoms with Crippen molar-refractivity contribution < 1.29 is 9.13 Å². The molecule has 1 aliphatic rings. The number of pyridine rings is 2. The highest BCUT2D eigenvalue weighted by Crippen LogP contribution is 2.44. The number of rotatable bonds is 4. The molecule has 0 radical (unpaired) electrons. The van der Waals surface area contributed by atoms with Crippen LogP contribution < -0.4 is 10.6 Å². The van der Waals surface area contributed by atoms with Gasteiger partial charge in [-0.1, -0.05) is 40.2 Å². The Bertz CT molecular complexity index is 1590. The molecule has 0 aliphatic carbocycles. The van der Waals surface area contributed by atoms with Gasteiger partial charge in [-0.05, 0) is 47.5 Å². The van der Waals surface area contributed by atoms with Crippen LogP contribution in [0.5, 0.6) is 0 Å². The molecular weight excluding hydrogens is 535 g/mol. The van der Waals surface area contributed by atoms with Crippen molar-refractivity contribution in [3.8, 4) is 33.5 Å². The average molecular weight is 557 g/mol. The van der Waals surface area contributed by atoms with Crippen LogP contribution in [0.15, 0.2) is 77.7 Å². The van der Waals surface area contributed by atoms with E-state index in [4.69, 9.17) is 20.4 Å². The molecule has 2 aromatic carbocycles. The molecule has 1 fully saturated rings. The summed E-state index contributed by atoms with van der Waals surface area (Å²) in [6.45, 7) is 2.96. The zero-order valence-corrected chi connectivity index (χ0v) is 21.3. The fourth-order valence-corrected chi connectivity index (χ4v) is 5.06. The molecule has 9 heteroatoms. The van der Waals surface area contributed by atoms with Crippen LogP contribution in [0.3, 0.4) is 0 Å². The molecule has 2 N–H and O–H groups in total. The Kier molecular flexibility index (Phi) is 6.23. The summed E-state index contributed by atoms with van der Waals surface area (Å²) in [4.78, 5) is 20.6. The molecule has 0 saturated carbocycles. The van der Waals surface area contributed by atoms with E-state index >= 15 is 0 Å². The number of hydrogen-bond donors (Lipinski definition) is 1. The van der Waals surface area contributed by atoms with E-state index < -0.39 is 0 Å². The number of hydrogen-bond acceptors (Lipinski definition) is 7. The van der Waals surface area contributed by atoms with Crippen molar-refractivity contribution in [3.63, 3.8) is 0 Å². The van der Waals surface area contributed by atoms with Gasteiger partial charge in [0.05, 0.1) is 24.3 Å². The zero-order valence-electron chi connectivity index (χ0n) is 19.7. The number of ether oxygens (including phenoxy) is 1. The van der Waals surface area contributed by atoms with Crippen LogP contribution in [-0.4, -0.2) is 46.2 Å². The molecule has 184 valence electrons. The number of benzene rings is 2. The van der Waals surface area contributed by atoms with E-state index in [0.717, 1.165) is 51.2 Å². The second kappa shape index (κ2) is 9.84. The van der Waals surface area contributed by atoms with Crippen LogP contribution in [0.2, 0.25) is 0 Å². The van der Waals surface area contributed by atoms with E-state index in [0.29, 0.717) is 35.8 Å². The first-order chi connectivity index (χ1) is 18.1.